The summed E-state index contributed by atoms with van der Waals surface area (Å²) in [7, 11) is 0. The van der Waals surface area contributed by atoms with Crippen LogP contribution in [0.25, 0.3) is 17.2 Å². The van der Waals surface area contributed by atoms with E-state index in [0.29, 0.717) is 29.3 Å². The number of nitrogens with two attached hydrogens (primary N) is 1. The number of carbonyl (C=O) groups excluding carboxylic acids is 1. The van der Waals surface area contributed by atoms with Crippen LogP contribution in [0.4, 0.5) is 11.6 Å². The minimum Gasteiger partial charge on any atom is -0.369 e. The molecule has 1 amide bonds. The fraction of sp³-hybridized carbons (Fsp3) is 0.143. The number of nitrogens with zero attached hydrogens (tertiary/aromatic N) is 4. The smallest absolute Gasteiger partial charge is 0.250 e. The first-order valence-electron chi connectivity index (χ1n) is 9.39. The lowest BCUT2D eigenvalue weighted by Crippen LogP contribution is -2.12. The summed E-state index contributed by atoms with van der Waals surface area (Å²) < 4.78 is 1.79. The molecule has 0 unspecified atom stereocenters. The van der Waals surface area contributed by atoms with Gasteiger partial charge in [-0.25, -0.2) is 15.0 Å². The van der Waals surface area contributed by atoms with Gasteiger partial charge in [0.15, 0.2) is 11.6 Å². The predicted octanol–water partition coefficient (Wildman–Crippen LogP) is 2.47. The maximum absolute atomic E-state index is 11.7. The van der Waals surface area contributed by atoms with E-state index in [1.807, 2.05) is 24.4 Å². The number of benzene rings is 1. The van der Waals surface area contributed by atoms with E-state index in [2.05, 4.69) is 32.7 Å². The molecule has 3 aromatic heterocycles. The number of hydrogen-bond donors (Lipinski definition) is 3. The van der Waals surface area contributed by atoms with Gasteiger partial charge in [0.1, 0.15) is 11.6 Å². The van der Waals surface area contributed by atoms with E-state index in [0.717, 1.165) is 30.2 Å². The summed E-state index contributed by atoms with van der Waals surface area (Å²) in [4.78, 5) is 25.6. The van der Waals surface area contributed by atoms with Crippen molar-refractivity contribution in [2.45, 2.75) is 13.0 Å². The Balaban J connectivity index is 1.57. The van der Waals surface area contributed by atoms with Gasteiger partial charge in [0.25, 0.3) is 5.91 Å². The molecular weight excluding hydrogens is 366 g/mol. The lowest BCUT2D eigenvalue weighted by Gasteiger charge is -2.12. The van der Waals surface area contributed by atoms with Crippen molar-refractivity contribution in [1.82, 2.24) is 19.4 Å². The molecule has 4 N–H and O–H groups in total. The summed E-state index contributed by atoms with van der Waals surface area (Å²) in [6, 6.07) is 13.6. The molecule has 0 spiro atoms. The van der Waals surface area contributed by atoms with Crippen molar-refractivity contribution in [2.75, 3.05) is 17.2 Å². The van der Waals surface area contributed by atoms with Crippen molar-refractivity contribution in [3.05, 3.63) is 71.5 Å². The third kappa shape index (κ3) is 3.04. The fourth-order valence-corrected chi connectivity index (χ4v) is 3.60. The molecule has 0 bridgehead atoms. The first-order chi connectivity index (χ1) is 14.2. The first-order valence-corrected chi connectivity index (χ1v) is 9.39. The van der Waals surface area contributed by atoms with E-state index in [1.54, 1.807) is 22.7 Å². The van der Waals surface area contributed by atoms with Crippen LogP contribution < -0.4 is 16.4 Å². The molecule has 1 aliphatic rings. The molecule has 0 saturated heterocycles. The zero-order chi connectivity index (χ0) is 19.8. The summed E-state index contributed by atoms with van der Waals surface area (Å²) in [6.45, 7) is 1.49. The van der Waals surface area contributed by atoms with Crippen molar-refractivity contribution >= 4 is 23.1 Å². The number of imidazole rings is 1. The van der Waals surface area contributed by atoms with Crippen LogP contribution in [0.2, 0.25) is 0 Å². The van der Waals surface area contributed by atoms with Gasteiger partial charge in [-0.3, -0.25) is 9.20 Å². The standard InChI is InChI=1S/C21H19N7O/c22-17(29)14-7-4-10-28-16(14)12-25-21(28)20-26-18-15(8-9-23-18)19(27-20)24-11-13-5-2-1-3-6-13/h1-7,10,12H,8-9,11H2,(H2,22,29)(H2,23,24,26,27). The number of nitrogens with one attached hydrogen (secondary N) is 2. The van der Waals surface area contributed by atoms with Gasteiger partial charge in [-0.05, 0) is 24.1 Å². The molecule has 8 heteroatoms. The highest BCUT2D eigenvalue weighted by molar-refractivity contribution is 5.99. The summed E-state index contributed by atoms with van der Waals surface area (Å²) in [5, 5.41) is 6.76. The van der Waals surface area contributed by atoms with Gasteiger partial charge in [-0.15, -0.1) is 0 Å². The Hall–Kier alpha value is -3.94. The van der Waals surface area contributed by atoms with Crippen molar-refractivity contribution < 1.29 is 4.79 Å². The number of primary amides is 1. The number of amides is 1. The van der Waals surface area contributed by atoms with Crippen molar-refractivity contribution in [1.29, 1.82) is 0 Å². The van der Waals surface area contributed by atoms with Gasteiger partial charge in [0.05, 0.1) is 17.3 Å². The Bertz CT molecular complexity index is 1220. The molecule has 1 aromatic carbocycles. The lowest BCUT2D eigenvalue weighted by molar-refractivity contribution is 0.100. The Labute approximate surface area is 166 Å². The fourth-order valence-electron chi connectivity index (χ4n) is 3.60. The lowest BCUT2D eigenvalue weighted by atomic mass is 10.2. The molecule has 5 rings (SSSR count). The summed E-state index contributed by atoms with van der Waals surface area (Å²) in [5.74, 6) is 2.15. The molecule has 29 heavy (non-hydrogen) atoms. The molecule has 0 saturated carbocycles. The second kappa shape index (κ2) is 6.90. The molecular formula is C21H19N7O. The number of carbonyl (C=O) groups is 1. The second-order valence-electron chi connectivity index (χ2n) is 6.86. The SMILES string of the molecule is NC(=O)c1cccn2c(-c3nc4c(c(NCc5ccccc5)n3)CCN4)ncc12. The van der Waals surface area contributed by atoms with Crippen LogP contribution in [0, 0.1) is 0 Å². The first kappa shape index (κ1) is 17.2. The summed E-state index contributed by atoms with van der Waals surface area (Å²) in [5.41, 5.74) is 8.77. The zero-order valence-electron chi connectivity index (χ0n) is 15.6. The average Bonchev–Trinajstić information content (AvgIpc) is 3.39. The normalized spacial score (nSPS) is 12.6. The average molecular weight is 385 g/mol. The highest BCUT2D eigenvalue weighted by Crippen LogP contribution is 2.30. The monoisotopic (exact) mass is 385 g/mol. The molecule has 0 aliphatic carbocycles. The largest absolute Gasteiger partial charge is 0.369 e. The van der Waals surface area contributed by atoms with Gasteiger partial charge in [-0.1, -0.05) is 30.3 Å². The Morgan fingerprint density at radius 1 is 1.17 bits per heavy atom. The number of fused-ring (bicyclic) bond motifs is 2. The van der Waals surface area contributed by atoms with Gasteiger partial charge < -0.3 is 16.4 Å². The Morgan fingerprint density at radius 3 is 2.86 bits per heavy atom. The number of aromatic nitrogens is 4. The third-order valence-corrected chi connectivity index (χ3v) is 5.01. The van der Waals surface area contributed by atoms with Gasteiger partial charge in [0.2, 0.25) is 0 Å². The maximum atomic E-state index is 11.7. The van der Waals surface area contributed by atoms with E-state index in [1.165, 1.54) is 5.56 Å². The minimum absolute atomic E-state index is 0.410. The molecule has 4 aromatic rings. The number of hydrogen-bond acceptors (Lipinski definition) is 6. The second-order valence-corrected chi connectivity index (χ2v) is 6.86. The summed E-state index contributed by atoms with van der Waals surface area (Å²) in [6.07, 6.45) is 4.31. The molecule has 0 radical (unpaired) electrons. The van der Waals surface area contributed by atoms with E-state index < -0.39 is 5.91 Å². The van der Waals surface area contributed by atoms with Crippen LogP contribution in [-0.4, -0.2) is 31.8 Å². The van der Waals surface area contributed by atoms with Gasteiger partial charge in [-0.2, -0.15) is 0 Å². The van der Waals surface area contributed by atoms with Crippen molar-refractivity contribution in [3.63, 3.8) is 0 Å². The van der Waals surface area contributed by atoms with E-state index in [4.69, 9.17) is 10.7 Å². The molecule has 4 heterocycles. The van der Waals surface area contributed by atoms with Gasteiger partial charge >= 0.3 is 0 Å². The maximum Gasteiger partial charge on any atom is 0.250 e. The zero-order valence-corrected chi connectivity index (χ0v) is 15.6. The van der Waals surface area contributed by atoms with E-state index in [-0.39, 0.29) is 0 Å². The number of rotatable bonds is 5. The van der Waals surface area contributed by atoms with Crippen molar-refractivity contribution in [2.24, 2.45) is 5.73 Å². The van der Waals surface area contributed by atoms with Crippen molar-refractivity contribution in [3.8, 4) is 11.6 Å². The van der Waals surface area contributed by atoms with Crippen LogP contribution in [0.1, 0.15) is 21.5 Å². The van der Waals surface area contributed by atoms with E-state index in [9.17, 15) is 4.79 Å². The van der Waals surface area contributed by atoms with E-state index >= 15 is 0 Å². The van der Waals surface area contributed by atoms with Gasteiger partial charge in [0, 0.05) is 24.8 Å². The quantitative estimate of drug-likeness (QED) is 0.487. The summed E-state index contributed by atoms with van der Waals surface area (Å²) >= 11 is 0. The highest BCUT2D eigenvalue weighted by atomic mass is 16.1. The minimum atomic E-state index is -0.496. The highest BCUT2D eigenvalue weighted by Gasteiger charge is 2.22. The molecule has 1 aliphatic heterocycles. The third-order valence-electron chi connectivity index (χ3n) is 5.01. The topological polar surface area (TPSA) is 110 Å². The number of anilines is 2. The molecule has 0 atom stereocenters. The predicted molar refractivity (Wildman–Crippen MR) is 111 cm³/mol. The van der Waals surface area contributed by atoms with Crippen LogP contribution in [-0.2, 0) is 13.0 Å². The van der Waals surface area contributed by atoms with Crippen LogP contribution in [0.15, 0.2) is 54.9 Å². The number of pyridine rings is 1. The van der Waals surface area contributed by atoms with Crippen LogP contribution in [0.5, 0.6) is 0 Å². The Morgan fingerprint density at radius 2 is 2.03 bits per heavy atom. The molecule has 144 valence electrons. The molecule has 0 fully saturated rings. The van der Waals surface area contributed by atoms with Crippen LogP contribution in [0.3, 0.4) is 0 Å². The van der Waals surface area contributed by atoms with Crippen LogP contribution >= 0.6 is 0 Å². The molecule has 8 nitrogen and oxygen atoms in total. The Kier molecular flexibility index (Phi) is 4.09.